The Morgan fingerprint density at radius 1 is 1.06 bits per heavy atom. The number of amides is 2. The van der Waals surface area contributed by atoms with Crippen LogP contribution in [-0.2, 0) is 26.6 Å². The SMILES string of the molecule is Cn1cnc(C(=O)N2CCC[C@H]2Cn2cc(C(=O)N3CCc4ccccc4C3)nn2)c1. The number of imidazole rings is 1. The van der Waals surface area contributed by atoms with E-state index in [0.717, 1.165) is 19.3 Å². The summed E-state index contributed by atoms with van der Waals surface area (Å²) in [6.07, 6.45) is 7.75. The highest BCUT2D eigenvalue weighted by atomic mass is 16.2. The van der Waals surface area contributed by atoms with Crippen LogP contribution in [0.5, 0.6) is 0 Å². The van der Waals surface area contributed by atoms with E-state index in [2.05, 4.69) is 27.4 Å². The van der Waals surface area contributed by atoms with Crippen LogP contribution in [0.4, 0.5) is 0 Å². The Kier molecular flexibility index (Phi) is 5.01. The number of aromatic nitrogens is 5. The van der Waals surface area contributed by atoms with Crippen molar-refractivity contribution in [3.05, 3.63) is 65.5 Å². The molecule has 0 bridgehead atoms. The standard InChI is InChI=1S/C22H25N7O2/c1-26-13-19(23-15-26)22(31)29-9-4-7-18(29)12-28-14-20(24-25-28)21(30)27-10-8-16-5-2-3-6-17(16)11-27/h2-3,5-6,13-15,18H,4,7-12H2,1H3/t18-/m0/s1. The Morgan fingerprint density at radius 3 is 2.71 bits per heavy atom. The molecule has 1 atom stereocenters. The lowest BCUT2D eigenvalue weighted by Crippen LogP contribution is -2.38. The number of likely N-dealkylation sites (tertiary alicyclic amines) is 1. The number of carbonyl (C=O) groups excluding carboxylic acids is 2. The topological polar surface area (TPSA) is 89.2 Å². The van der Waals surface area contributed by atoms with E-state index in [1.165, 1.54) is 11.1 Å². The molecule has 0 spiro atoms. The summed E-state index contributed by atoms with van der Waals surface area (Å²) in [7, 11) is 1.85. The van der Waals surface area contributed by atoms with Gasteiger partial charge in [-0.3, -0.25) is 9.59 Å². The van der Waals surface area contributed by atoms with Crippen molar-refractivity contribution in [3.8, 4) is 0 Å². The van der Waals surface area contributed by atoms with Gasteiger partial charge in [-0.1, -0.05) is 29.5 Å². The number of hydrogen-bond acceptors (Lipinski definition) is 5. The molecule has 4 heterocycles. The molecule has 1 aromatic carbocycles. The first-order valence-corrected chi connectivity index (χ1v) is 10.6. The van der Waals surface area contributed by atoms with Crippen molar-refractivity contribution in [1.29, 1.82) is 0 Å². The third-order valence-corrected chi connectivity index (χ3v) is 6.14. The predicted molar refractivity (Wildman–Crippen MR) is 112 cm³/mol. The highest BCUT2D eigenvalue weighted by molar-refractivity contribution is 5.93. The summed E-state index contributed by atoms with van der Waals surface area (Å²) in [5.74, 6) is -0.167. The molecule has 160 valence electrons. The summed E-state index contributed by atoms with van der Waals surface area (Å²) in [6, 6.07) is 8.24. The third-order valence-electron chi connectivity index (χ3n) is 6.14. The minimum Gasteiger partial charge on any atom is -0.340 e. The smallest absolute Gasteiger partial charge is 0.276 e. The van der Waals surface area contributed by atoms with E-state index in [4.69, 9.17) is 0 Å². The highest BCUT2D eigenvalue weighted by Gasteiger charge is 2.31. The van der Waals surface area contributed by atoms with Gasteiger partial charge in [0.1, 0.15) is 5.69 Å². The van der Waals surface area contributed by atoms with E-state index >= 15 is 0 Å². The molecule has 5 rings (SSSR count). The second-order valence-corrected chi connectivity index (χ2v) is 8.29. The fraction of sp³-hybridized carbons (Fsp3) is 0.409. The van der Waals surface area contributed by atoms with Crippen LogP contribution < -0.4 is 0 Å². The first kappa shape index (κ1) is 19.5. The van der Waals surface area contributed by atoms with Gasteiger partial charge in [-0.2, -0.15) is 0 Å². The summed E-state index contributed by atoms with van der Waals surface area (Å²) in [5.41, 5.74) is 3.28. The molecule has 9 heteroatoms. The average Bonchev–Trinajstić information content (AvgIpc) is 3.54. The molecule has 0 N–H and O–H groups in total. The fourth-order valence-corrected chi connectivity index (χ4v) is 4.50. The van der Waals surface area contributed by atoms with Gasteiger partial charge >= 0.3 is 0 Å². The molecule has 1 fully saturated rings. The normalized spacial score (nSPS) is 18.3. The summed E-state index contributed by atoms with van der Waals surface area (Å²) in [6.45, 7) is 2.49. The molecular formula is C22H25N7O2. The summed E-state index contributed by atoms with van der Waals surface area (Å²) in [4.78, 5) is 33.6. The number of carbonyl (C=O) groups is 2. The Labute approximate surface area is 180 Å². The van der Waals surface area contributed by atoms with E-state index in [0.29, 0.717) is 37.6 Å². The summed E-state index contributed by atoms with van der Waals surface area (Å²) >= 11 is 0. The molecule has 0 unspecified atom stereocenters. The number of benzene rings is 1. The van der Waals surface area contributed by atoms with Gasteiger partial charge in [-0.15, -0.1) is 5.10 Å². The summed E-state index contributed by atoms with van der Waals surface area (Å²) in [5, 5.41) is 8.30. The quantitative estimate of drug-likeness (QED) is 0.640. The third kappa shape index (κ3) is 3.83. The number of nitrogens with zero attached hydrogens (tertiary/aromatic N) is 7. The number of fused-ring (bicyclic) bond motifs is 1. The lowest BCUT2D eigenvalue weighted by molar-refractivity contribution is 0.0710. The molecule has 2 aromatic heterocycles. The van der Waals surface area contributed by atoms with E-state index < -0.39 is 0 Å². The zero-order valence-corrected chi connectivity index (χ0v) is 17.5. The van der Waals surface area contributed by atoms with E-state index in [1.54, 1.807) is 28.0 Å². The van der Waals surface area contributed by atoms with Crippen molar-refractivity contribution in [2.75, 3.05) is 13.1 Å². The molecule has 3 aromatic rings. The molecule has 2 aliphatic rings. The average molecular weight is 419 g/mol. The van der Waals surface area contributed by atoms with Crippen molar-refractivity contribution in [1.82, 2.24) is 34.3 Å². The highest BCUT2D eigenvalue weighted by Crippen LogP contribution is 2.22. The maximum absolute atomic E-state index is 13.0. The molecule has 0 aliphatic carbocycles. The second kappa shape index (κ2) is 7.98. The zero-order chi connectivity index (χ0) is 21.4. The van der Waals surface area contributed by atoms with Crippen molar-refractivity contribution in [2.45, 2.75) is 38.4 Å². The molecule has 9 nitrogen and oxygen atoms in total. The number of hydrogen-bond donors (Lipinski definition) is 0. The van der Waals surface area contributed by atoms with Gasteiger partial charge in [0.15, 0.2) is 5.69 Å². The fourth-order valence-electron chi connectivity index (χ4n) is 4.50. The minimum absolute atomic E-state index is 0.0148. The van der Waals surface area contributed by atoms with Crippen molar-refractivity contribution in [2.24, 2.45) is 7.05 Å². The predicted octanol–water partition coefficient (Wildman–Crippen LogP) is 1.51. The van der Waals surface area contributed by atoms with Crippen LogP contribution in [0, 0.1) is 0 Å². The monoisotopic (exact) mass is 419 g/mol. The van der Waals surface area contributed by atoms with E-state index in [-0.39, 0.29) is 17.9 Å². The van der Waals surface area contributed by atoms with E-state index in [1.807, 2.05) is 29.0 Å². The van der Waals surface area contributed by atoms with Crippen LogP contribution in [0.2, 0.25) is 0 Å². The zero-order valence-electron chi connectivity index (χ0n) is 17.5. The first-order chi connectivity index (χ1) is 15.1. The lowest BCUT2D eigenvalue weighted by Gasteiger charge is -2.28. The van der Waals surface area contributed by atoms with Crippen molar-refractivity contribution in [3.63, 3.8) is 0 Å². The molecule has 2 aliphatic heterocycles. The van der Waals surface area contributed by atoms with Gasteiger partial charge in [-0.05, 0) is 30.4 Å². The van der Waals surface area contributed by atoms with Crippen LogP contribution >= 0.6 is 0 Å². The van der Waals surface area contributed by atoms with Gasteiger partial charge in [0.05, 0.1) is 25.1 Å². The van der Waals surface area contributed by atoms with Crippen molar-refractivity contribution >= 4 is 11.8 Å². The molecule has 2 amide bonds. The molecule has 1 saturated heterocycles. The van der Waals surface area contributed by atoms with Crippen LogP contribution in [0.25, 0.3) is 0 Å². The van der Waals surface area contributed by atoms with Crippen molar-refractivity contribution < 1.29 is 9.59 Å². The molecule has 31 heavy (non-hydrogen) atoms. The maximum atomic E-state index is 13.0. The van der Waals surface area contributed by atoms with E-state index in [9.17, 15) is 9.59 Å². The van der Waals surface area contributed by atoms with Crippen LogP contribution in [0.1, 0.15) is 44.9 Å². The summed E-state index contributed by atoms with van der Waals surface area (Å²) < 4.78 is 3.45. The lowest BCUT2D eigenvalue weighted by atomic mass is 10.00. The Hall–Kier alpha value is -3.49. The minimum atomic E-state index is -0.103. The molecular weight excluding hydrogens is 394 g/mol. The van der Waals surface area contributed by atoms with Gasteiger partial charge in [0, 0.05) is 32.9 Å². The van der Waals surface area contributed by atoms with Crippen LogP contribution in [0.3, 0.4) is 0 Å². The van der Waals surface area contributed by atoms with Gasteiger partial charge in [-0.25, -0.2) is 9.67 Å². The van der Waals surface area contributed by atoms with Gasteiger partial charge in [0.2, 0.25) is 0 Å². The Balaban J connectivity index is 1.25. The molecule has 0 radical (unpaired) electrons. The Morgan fingerprint density at radius 2 is 1.90 bits per heavy atom. The van der Waals surface area contributed by atoms with Gasteiger partial charge in [0.25, 0.3) is 11.8 Å². The number of aryl methyl sites for hydroxylation is 1. The van der Waals surface area contributed by atoms with Crippen LogP contribution in [-0.4, -0.2) is 65.3 Å². The Bertz CT molecular complexity index is 1120. The maximum Gasteiger partial charge on any atom is 0.276 e. The van der Waals surface area contributed by atoms with Crippen LogP contribution in [0.15, 0.2) is 43.0 Å². The second-order valence-electron chi connectivity index (χ2n) is 8.29. The molecule has 0 saturated carbocycles. The first-order valence-electron chi connectivity index (χ1n) is 10.6. The number of rotatable bonds is 4. The largest absolute Gasteiger partial charge is 0.340 e. The van der Waals surface area contributed by atoms with Gasteiger partial charge < -0.3 is 14.4 Å².